The molecule has 3 nitrogen and oxygen atoms in total. The first-order valence-electron chi connectivity index (χ1n) is 10.5. The van der Waals surface area contributed by atoms with Crippen LogP contribution < -0.4 is 4.90 Å². The smallest absolute Gasteiger partial charge is 0.328 e. The van der Waals surface area contributed by atoms with E-state index in [0.717, 1.165) is 28.7 Å². The van der Waals surface area contributed by atoms with E-state index in [1.807, 2.05) is 24.3 Å². The maximum Gasteiger partial charge on any atom is 0.328 e. The van der Waals surface area contributed by atoms with Crippen LogP contribution in [-0.2, 0) is 4.79 Å². The zero-order chi connectivity index (χ0) is 22.5. The number of carboxylic acids is 1. The molecule has 0 radical (unpaired) electrons. The number of aliphatic carboxylic acids is 1. The van der Waals surface area contributed by atoms with Gasteiger partial charge in [-0.3, -0.25) is 0 Å². The van der Waals surface area contributed by atoms with Gasteiger partial charge in [0.2, 0.25) is 0 Å². The first-order valence-corrected chi connectivity index (χ1v) is 10.5. The second-order valence-corrected chi connectivity index (χ2v) is 7.85. The van der Waals surface area contributed by atoms with Gasteiger partial charge in [0.05, 0.1) is 0 Å². The Hall–Kier alpha value is -4.11. The molecule has 0 spiro atoms. The van der Waals surface area contributed by atoms with E-state index in [-0.39, 0.29) is 0 Å². The van der Waals surface area contributed by atoms with E-state index >= 15 is 0 Å². The highest BCUT2D eigenvalue weighted by Crippen LogP contribution is 2.36. The third-order valence-corrected chi connectivity index (χ3v) is 5.37. The Labute approximate surface area is 188 Å². The highest BCUT2D eigenvalue weighted by Gasteiger charge is 2.12. The van der Waals surface area contributed by atoms with Crippen molar-refractivity contribution in [3.8, 4) is 11.1 Å². The maximum atomic E-state index is 10.8. The average molecular weight is 420 g/mol. The van der Waals surface area contributed by atoms with E-state index in [9.17, 15) is 4.79 Å². The molecule has 0 heterocycles. The molecule has 4 aromatic rings. The Kier molecular flexibility index (Phi) is 6.18. The van der Waals surface area contributed by atoms with Crippen molar-refractivity contribution in [1.29, 1.82) is 0 Å². The molecule has 4 rings (SSSR count). The predicted octanol–water partition coefficient (Wildman–Crippen LogP) is 7.54. The van der Waals surface area contributed by atoms with E-state index in [1.54, 1.807) is 6.08 Å². The van der Waals surface area contributed by atoms with Gasteiger partial charge in [0, 0.05) is 23.1 Å². The molecule has 0 atom stereocenters. The van der Waals surface area contributed by atoms with Crippen molar-refractivity contribution in [2.75, 3.05) is 4.90 Å². The van der Waals surface area contributed by atoms with Gasteiger partial charge < -0.3 is 10.0 Å². The van der Waals surface area contributed by atoms with Crippen LogP contribution in [0.3, 0.4) is 0 Å². The molecule has 32 heavy (non-hydrogen) atoms. The second-order valence-electron chi connectivity index (χ2n) is 7.85. The minimum atomic E-state index is -0.955. The Morgan fingerprint density at radius 2 is 1.00 bits per heavy atom. The van der Waals surface area contributed by atoms with Crippen LogP contribution in [0.5, 0.6) is 0 Å². The number of benzene rings is 4. The monoisotopic (exact) mass is 419 g/mol. The SMILES string of the molecule is Cc1ccc(-c2ccc(N(c3ccc(C)cc3)c3ccc(C=CC(=O)O)cc3)cc2)cc1. The third kappa shape index (κ3) is 4.96. The Morgan fingerprint density at radius 1 is 0.625 bits per heavy atom. The fourth-order valence-electron chi connectivity index (χ4n) is 3.59. The van der Waals surface area contributed by atoms with Gasteiger partial charge in [-0.15, -0.1) is 0 Å². The number of anilines is 3. The lowest BCUT2D eigenvalue weighted by Crippen LogP contribution is -2.09. The fourth-order valence-corrected chi connectivity index (χ4v) is 3.59. The molecule has 0 unspecified atom stereocenters. The quantitative estimate of drug-likeness (QED) is 0.328. The van der Waals surface area contributed by atoms with Gasteiger partial charge in [-0.25, -0.2) is 4.79 Å². The van der Waals surface area contributed by atoms with E-state index in [2.05, 4.69) is 91.5 Å². The van der Waals surface area contributed by atoms with Crippen molar-refractivity contribution < 1.29 is 9.90 Å². The van der Waals surface area contributed by atoms with Gasteiger partial charge in [-0.05, 0) is 73.0 Å². The number of hydrogen-bond donors (Lipinski definition) is 1. The van der Waals surface area contributed by atoms with E-state index < -0.39 is 5.97 Å². The van der Waals surface area contributed by atoms with E-state index in [4.69, 9.17) is 5.11 Å². The lowest BCUT2D eigenvalue weighted by molar-refractivity contribution is -0.131. The first-order chi connectivity index (χ1) is 15.5. The van der Waals surface area contributed by atoms with Crippen LogP contribution in [0, 0.1) is 13.8 Å². The Bertz CT molecular complexity index is 1220. The molecule has 0 aliphatic rings. The predicted molar refractivity (Wildman–Crippen MR) is 133 cm³/mol. The number of rotatable bonds is 6. The zero-order valence-electron chi connectivity index (χ0n) is 18.2. The summed E-state index contributed by atoms with van der Waals surface area (Å²) in [5, 5.41) is 8.86. The lowest BCUT2D eigenvalue weighted by Gasteiger charge is -2.26. The van der Waals surface area contributed by atoms with Crippen LogP contribution in [0.2, 0.25) is 0 Å². The van der Waals surface area contributed by atoms with Crippen molar-refractivity contribution in [2.24, 2.45) is 0 Å². The highest BCUT2D eigenvalue weighted by atomic mass is 16.4. The van der Waals surface area contributed by atoms with Crippen LogP contribution in [0.15, 0.2) is 103 Å². The number of hydrogen-bond acceptors (Lipinski definition) is 2. The van der Waals surface area contributed by atoms with Crippen LogP contribution in [0.4, 0.5) is 17.1 Å². The molecule has 0 aliphatic carbocycles. The van der Waals surface area contributed by atoms with E-state index in [1.165, 1.54) is 22.3 Å². The molecule has 3 heteroatoms. The van der Waals surface area contributed by atoms with Crippen molar-refractivity contribution >= 4 is 29.1 Å². The lowest BCUT2D eigenvalue weighted by atomic mass is 10.0. The molecule has 1 N–H and O–H groups in total. The highest BCUT2D eigenvalue weighted by molar-refractivity contribution is 5.85. The largest absolute Gasteiger partial charge is 0.478 e. The summed E-state index contributed by atoms with van der Waals surface area (Å²) in [5.74, 6) is -0.955. The van der Waals surface area contributed by atoms with Gasteiger partial charge in [0.25, 0.3) is 0 Å². The van der Waals surface area contributed by atoms with Crippen molar-refractivity contribution in [3.63, 3.8) is 0 Å². The molecule has 158 valence electrons. The van der Waals surface area contributed by atoms with Gasteiger partial charge in [0.1, 0.15) is 0 Å². The minimum absolute atomic E-state index is 0.842. The first kappa shape index (κ1) is 21.1. The topological polar surface area (TPSA) is 40.5 Å². The van der Waals surface area contributed by atoms with Crippen molar-refractivity contribution in [3.05, 3.63) is 120 Å². The van der Waals surface area contributed by atoms with Crippen LogP contribution in [-0.4, -0.2) is 11.1 Å². The molecular formula is C29H25NO2. The summed E-state index contributed by atoms with van der Waals surface area (Å²) in [4.78, 5) is 13.0. The van der Waals surface area contributed by atoms with Crippen LogP contribution >= 0.6 is 0 Å². The molecule has 0 aliphatic heterocycles. The van der Waals surface area contributed by atoms with Crippen LogP contribution in [0.1, 0.15) is 16.7 Å². The maximum absolute atomic E-state index is 10.8. The third-order valence-electron chi connectivity index (χ3n) is 5.37. The molecule has 0 amide bonds. The van der Waals surface area contributed by atoms with Gasteiger partial charge in [-0.2, -0.15) is 0 Å². The van der Waals surface area contributed by atoms with Gasteiger partial charge in [0.15, 0.2) is 0 Å². The average Bonchev–Trinajstić information content (AvgIpc) is 2.81. The normalized spacial score (nSPS) is 10.9. The Morgan fingerprint density at radius 3 is 1.47 bits per heavy atom. The fraction of sp³-hybridized carbons (Fsp3) is 0.0690. The number of aryl methyl sites for hydroxylation is 2. The van der Waals surface area contributed by atoms with Gasteiger partial charge in [-0.1, -0.05) is 71.8 Å². The molecular weight excluding hydrogens is 394 g/mol. The standard InChI is InChI=1S/C29H25NO2/c1-21-3-10-24(11-4-21)25-12-18-28(19-13-25)30(26-14-5-22(2)6-15-26)27-16-7-23(8-17-27)9-20-29(31)32/h3-20H,1-2H3,(H,31,32). The van der Waals surface area contributed by atoms with Crippen LogP contribution in [0.25, 0.3) is 17.2 Å². The minimum Gasteiger partial charge on any atom is -0.478 e. The van der Waals surface area contributed by atoms with Crippen molar-refractivity contribution in [1.82, 2.24) is 0 Å². The van der Waals surface area contributed by atoms with E-state index in [0.29, 0.717) is 0 Å². The number of carbonyl (C=O) groups is 1. The Balaban J connectivity index is 1.70. The summed E-state index contributed by atoms with van der Waals surface area (Å²) in [6.45, 7) is 4.17. The zero-order valence-corrected chi connectivity index (χ0v) is 18.2. The van der Waals surface area contributed by atoms with Gasteiger partial charge >= 0.3 is 5.97 Å². The molecule has 0 aromatic heterocycles. The summed E-state index contributed by atoms with van der Waals surface area (Å²) < 4.78 is 0. The summed E-state index contributed by atoms with van der Waals surface area (Å²) in [6.07, 6.45) is 2.75. The molecule has 0 saturated carbocycles. The molecule has 0 fully saturated rings. The summed E-state index contributed by atoms with van der Waals surface area (Å²) >= 11 is 0. The summed E-state index contributed by atoms with van der Waals surface area (Å²) in [7, 11) is 0. The summed E-state index contributed by atoms with van der Waals surface area (Å²) in [6, 6.07) is 33.4. The number of nitrogens with zero attached hydrogens (tertiary/aromatic N) is 1. The number of carboxylic acid groups (broad SMARTS) is 1. The second kappa shape index (κ2) is 9.36. The van der Waals surface area contributed by atoms with Crippen molar-refractivity contribution in [2.45, 2.75) is 13.8 Å². The summed E-state index contributed by atoms with van der Waals surface area (Å²) in [5.41, 5.74) is 8.78. The molecule has 4 aromatic carbocycles. The molecule has 0 bridgehead atoms. The molecule has 0 saturated heterocycles.